The number of carbonyl (C=O) groups excluding carboxylic acids is 2. The van der Waals surface area contributed by atoms with Crippen LogP contribution in [0.4, 0.5) is 0 Å². The van der Waals surface area contributed by atoms with E-state index in [0.717, 1.165) is 9.87 Å². The van der Waals surface area contributed by atoms with Crippen LogP contribution in [0.2, 0.25) is 0 Å². The maximum Gasteiger partial charge on any atom is 0.258 e. The quantitative estimate of drug-likeness (QED) is 0.641. The summed E-state index contributed by atoms with van der Waals surface area (Å²) < 4.78 is 30.4. The Morgan fingerprint density at radius 3 is 2.18 bits per heavy atom. The van der Waals surface area contributed by atoms with Crippen LogP contribution in [0.1, 0.15) is 5.56 Å². The maximum atomic E-state index is 12.0. The van der Waals surface area contributed by atoms with E-state index in [1.807, 2.05) is 6.07 Å². The van der Waals surface area contributed by atoms with Crippen molar-refractivity contribution in [3.05, 3.63) is 60.2 Å². The Hall–Kier alpha value is -2.91. The maximum absolute atomic E-state index is 12.0. The first-order valence-corrected chi connectivity index (χ1v) is 9.96. The van der Waals surface area contributed by atoms with Crippen LogP contribution >= 0.6 is 0 Å². The molecule has 0 fully saturated rings. The molecule has 2 aromatic rings. The average Bonchev–Trinajstić information content (AvgIpc) is 2.70. The van der Waals surface area contributed by atoms with Crippen molar-refractivity contribution in [1.29, 1.82) is 0 Å². The molecule has 9 heteroatoms. The van der Waals surface area contributed by atoms with E-state index < -0.39 is 15.9 Å². The minimum Gasteiger partial charge on any atom is -0.484 e. The summed E-state index contributed by atoms with van der Waals surface area (Å²) in [5.74, 6) is -0.197. The Morgan fingerprint density at radius 2 is 1.57 bits per heavy atom. The molecule has 2 N–H and O–H groups in total. The second-order valence-corrected chi connectivity index (χ2v) is 8.24. The van der Waals surface area contributed by atoms with Crippen LogP contribution < -0.4 is 15.4 Å². The summed E-state index contributed by atoms with van der Waals surface area (Å²) in [4.78, 5) is 23.7. The molecule has 0 bridgehead atoms. The zero-order valence-corrected chi connectivity index (χ0v) is 16.5. The van der Waals surface area contributed by atoms with E-state index in [0.29, 0.717) is 5.75 Å². The van der Waals surface area contributed by atoms with Gasteiger partial charge in [0.2, 0.25) is 15.9 Å². The number of para-hydroxylation sites is 1. The molecule has 0 radical (unpaired) electrons. The summed E-state index contributed by atoms with van der Waals surface area (Å²) in [6.45, 7) is -0.138. The van der Waals surface area contributed by atoms with Gasteiger partial charge in [0.1, 0.15) is 5.75 Å². The molecule has 0 aliphatic rings. The standard InChI is InChI=1S/C19H23N3O5S/c1-22(2)28(25,26)17-10-8-15(9-11-17)12-20-18(23)13-21-19(24)14-27-16-6-4-3-5-7-16/h3-11H,12-14H2,1-2H3,(H,20,23)(H,21,24). The summed E-state index contributed by atoms with van der Waals surface area (Å²) in [6.07, 6.45) is 0. The number of rotatable bonds is 9. The molecule has 2 aromatic carbocycles. The van der Waals surface area contributed by atoms with Gasteiger partial charge >= 0.3 is 0 Å². The number of hydrogen-bond acceptors (Lipinski definition) is 5. The highest BCUT2D eigenvalue weighted by Gasteiger charge is 2.16. The van der Waals surface area contributed by atoms with Crippen LogP contribution in [0.3, 0.4) is 0 Å². The lowest BCUT2D eigenvalue weighted by Gasteiger charge is -2.12. The van der Waals surface area contributed by atoms with Crippen molar-refractivity contribution in [2.24, 2.45) is 0 Å². The molecular weight excluding hydrogens is 382 g/mol. The third kappa shape index (κ3) is 6.36. The molecule has 0 saturated heterocycles. The number of nitrogens with zero attached hydrogens (tertiary/aromatic N) is 1. The first-order valence-electron chi connectivity index (χ1n) is 8.52. The zero-order valence-electron chi connectivity index (χ0n) is 15.7. The Morgan fingerprint density at radius 1 is 0.929 bits per heavy atom. The zero-order chi connectivity index (χ0) is 20.6. The van der Waals surface area contributed by atoms with Crippen molar-refractivity contribution in [3.8, 4) is 5.75 Å². The van der Waals surface area contributed by atoms with Crippen LogP contribution in [0, 0.1) is 0 Å². The summed E-state index contributed by atoms with van der Waals surface area (Å²) in [5, 5.41) is 5.12. The van der Waals surface area contributed by atoms with E-state index in [9.17, 15) is 18.0 Å². The molecule has 28 heavy (non-hydrogen) atoms. The van der Waals surface area contributed by atoms with Crippen molar-refractivity contribution in [2.75, 3.05) is 27.2 Å². The van der Waals surface area contributed by atoms with Crippen molar-refractivity contribution >= 4 is 21.8 Å². The van der Waals surface area contributed by atoms with Gasteiger partial charge in [0.15, 0.2) is 6.61 Å². The van der Waals surface area contributed by atoms with E-state index in [2.05, 4.69) is 10.6 Å². The average molecular weight is 405 g/mol. The topological polar surface area (TPSA) is 105 Å². The van der Waals surface area contributed by atoms with Gasteiger partial charge in [-0.15, -0.1) is 0 Å². The first kappa shape index (κ1) is 21.4. The molecule has 0 aromatic heterocycles. The van der Waals surface area contributed by atoms with Crippen LogP contribution in [0.15, 0.2) is 59.5 Å². The lowest BCUT2D eigenvalue weighted by molar-refractivity contribution is -0.127. The number of benzene rings is 2. The highest BCUT2D eigenvalue weighted by Crippen LogP contribution is 2.13. The minimum atomic E-state index is -3.48. The van der Waals surface area contributed by atoms with Gasteiger partial charge in [-0.3, -0.25) is 9.59 Å². The van der Waals surface area contributed by atoms with Crippen molar-refractivity contribution in [1.82, 2.24) is 14.9 Å². The molecule has 2 amide bonds. The van der Waals surface area contributed by atoms with Crippen molar-refractivity contribution < 1.29 is 22.7 Å². The number of amides is 2. The summed E-state index contributed by atoms with van der Waals surface area (Å²) >= 11 is 0. The summed E-state index contributed by atoms with van der Waals surface area (Å²) in [5.41, 5.74) is 0.741. The van der Waals surface area contributed by atoms with Gasteiger partial charge < -0.3 is 15.4 Å². The second kappa shape index (κ2) is 9.86. The highest BCUT2D eigenvalue weighted by atomic mass is 32.2. The van der Waals surface area contributed by atoms with Crippen molar-refractivity contribution in [3.63, 3.8) is 0 Å². The Labute approximate surface area is 164 Å². The van der Waals surface area contributed by atoms with Gasteiger partial charge in [0.05, 0.1) is 11.4 Å². The fourth-order valence-corrected chi connectivity index (χ4v) is 3.05. The predicted molar refractivity (Wildman–Crippen MR) is 104 cm³/mol. The highest BCUT2D eigenvalue weighted by molar-refractivity contribution is 7.89. The van der Waals surface area contributed by atoms with E-state index in [1.54, 1.807) is 36.4 Å². The molecule has 150 valence electrons. The fourth-order valence-electron chi connectivity index (χ4n) is 2.15. The lowest BCUT2D eigenvalue weighted by atomic mass is 10.2. The third-order valence-electron chi connectivity index (χ3n) is 3.75. The summed E-state index contributed by atoms with van der Waals surface area (Å²) in [6, 6.07) is 15.1. The number of sulfonamides is 1. The van der Waals surface area contributed by atoms with Crippen molar-refractivity contribution in [2.45, 2.75) is 11.4 Å². The van der Waals surface area contributed by atoms with E-state index in [1.165, 1.54) is 26.2 Å². The largest absolute Gasteiger partial charge is 0.484 e. The molecule has 0 heterocycles. The SMILES string of the molecule is CN(C)S(=O)(=O)c1ccc(CNC(=O)CNC(=O)COc2ccccc2)cc1. The van der Waals surface area contributed by atoms with Gasteiger partial charge in [-0.1, -0.05) is 30.3 Å². The summed E-state index contributed by atoms with van der Waals surface area (Å²) in [7, 11) is -0.560. The lowest BCUT2D eigenvalue weighted by Crippen LogP contribution is -2.38. The Bertz CT molecular complexity index is 897. The molecule has 0 saturated carbocycles. The first-order chi connectivity index (χ1) is 13.3. The second-order valence-electron chi connectivity index (χ2n) is 6.09. The number of hydrogen-bond donors (Lipinski definition) is 2. The normalized spacial score (nSPS) is 11.1. The van der Waals surface area contributed by atoms with Gasteiger partial charge in [-0.05, 0) is 29.8 Å². The smallest absolute Gasteiger partial charge is 0.258 e. The van der Waals surface area contributed by atoms with E-state index in [-0.39, 0.29) is 30.5 Å². The minimum absolute atomic E-state index is 0.177. The molecule has 2 rings (SSSR count). The third-order valence-corrected chi connectivity index (χ3v) is 5.58. The molecule has 0 spiro atoms. The van der Waals surface area contributed by atoms with E-state index in [4.69, 9.17) is 4.74 Å². The van der Waals surface area contributed by atoms with Gasteiger partial charge in [0.25, 0.3) is 5.91 Å². The molecule has 0 unspecified atom stereocenters. The van der Waals surface area contributed by atoms with Gasteiger partial charge in [-0.25, -0.2) is 12.7 Å². The molecule has 0 aliphatic carbocycles. The number of nitrogens with one attached hydrogen (secondary N) is 2. The van der Waals surface area contributed by atoms with Gasteiger partial charge in [-0.2, -0.15) is 0 Å². The van der Waals surface area contributed by atoms with Crippen LogP contribution in [-0.4, -0.2) is 51.8 Å². The predicted octanol–water partition coefficient (Wildman–Crippen LogP) is 0.748. The number of ether oxygens (including phenoxy) is 1. The Kier molecular flexibility index (Phi) is 7.53. The monoisotopic (exact) mass is 405 g/mol. The van der Waals surface area contributed by atoms with E-state index >= 15 is 0 Å². The molecule has 0 atom stereocenters. The van der Waals surface area contributed by atoms with Gasteiger partial charge in [0, 0.05) is 20.6 Å². The molecule has 8 nitrogen and oxygen atoms in total. The number of carbonyl (C=O) groups is 2. The van der Waals surface area contributed by atoms with Crippen LogP contribution in [0.25, 0.3) is 0 Å². The molecule has 0 aliphatic heterocycles. The van der Waals surface area contributed by atoms with Crippen LogP contribution in [0.5, 0.6) is 5.75 Å². The fraction of sp³-hybridized carbons (Fsp3) is 0.263. The van der Waals surface area contributed by atoms with Crippen LogP contribution in [-0.2, 0) is 26.2 Å². The Balaban J connectivity index is 1.73. The molecular formula is C19H23N3O5S.